The molecule has 0 aromatic rings. The lowest BCUT2D eigenvalue weighted by atomic mass is 9.88. The van der Waals surface area contributed by atoms with Crippen molar-refractivity contribution in [2.45, 2.75) is 25.0 Å². The van der Waals surface area contributed by atoms with E-state index in [4.69, 9.17) is 9.84 Å². The summed E-state index contributed by atoms with van der Waals surface area (Å²) >= 11 is 0. The molecule has 11 heavy (non-hydrogen) atoms. The van der Waals surface area contributed by atoms with Gasteiger partial charge in [-0.2, -0.15) is 0 Å². The van der Waals surface area contributed by atoms with Crippen LogP contribution in [0.1, 0.15) is 13.3 Å². The van der Waals surface area contributed by atoms with E-state index >= 15 is 0 Å². The molecule has 2 rings (SSSR count). The molecule has 1 fully saturated rings. The maximum absolute atomic E-state index is 10.8. The van der Waals surface area contributed by atoms with Gasteiger partial charge >= 0.3 is 5.97 Å². The average molecular weight is 154 g/mol. The van der Waals surface area contributed by atoms with E-state index in [0.29, 0.717) is 12.3 Å². The van der Waals surface area contributed by atoms with Gasteiger partial charge in [-0.05, 0) is 18.4 Å². The molecule has 2 aliphatic rings. The molecule has 2 aliphatic heterocycles. The Morgan fingerprint density at radius 3 is 2.82 bits per heavy atom. The highest BCUT2D eigenvalue weighted by Gasteiger charge is 2.51. The molecule has 1 N–H and O–H groups in total. The van der Waals surface area contributed by atoms with E-state index in [1.54, 1.807) is 6.08 Å². The summed E-state index contributed by atoms with van der Waals surface area (Å²) in [6.45, 7) is 2.01. The predicted molar refractivity (Wildman–Crippen MR) is 38.2 cm³/mol. The molecular weight excluding hydrogens is 144 g/mol. The Morgan fingerprint density at radius 2 is 2.55 bits per heavy atom. The van der Waals surface area contributed by atoms with Crippen molar-refractivity contribution in [2.24, 2.45) is 5.92 Å². The van der Waals surface area contributed by atoms with Crippen molar-refractivity contribution in [3.63, 3.8) is 0 Å². The third kappa shape index (κ3) is 0.744. The van der Waals surface area contributed by atoms with Crippen molar-refractivity contribution in [3.8, 4) is 0 Å². The zero-order chi connectivity index (χ0) is 8.06. The summed E-state index contributed by atoms with van der Waals surface area (Å²) < 4.78 is 5.32. The fourth-order valence-corrected chi connectivity index (χ4v) is 1.80. The topological polar surface area (TPSA) is 46.5 Å². The largest absolute Gasteiger partial charge is 0.479 e. The first kappa shape index (κ1) is 6.85. The van der Waals surface area contributed by atoms with Crippen molar-refractivity contribution in [3.05, 3.63) is 12.2 Å². The van der Waals surface area contributed by atoms with Crippen molar-refractivity contribution >= 4 is 5.97 Å². The molecule has 1 saturated heterocycles. The summed E-state index contributed by atoms with van der Waals surface area (Å²) in [5, 5.41) is 8.83. The second-order valence-electron chi connectivity index (χ2n) is 3.32. The van der Waals surface area contributed by atoms with Crippen LogP contribution in [0.3, 0.4) is 0 Å². The highest BCUT2D eigenvalue weighted by Crippen LogP contribution is 2.41. The van der Waals surface area contributed by atoms with Gasteiger partial charge in [0.2, 0.25) is 0 Å². The van der Waals surface area contributed by atoms with E-state index < -0.39 is 11.6 Å². The number of ether oxygens (including phenoxy) is 1. The van der Waals surface area contributed by atoms with Gasteiger partial charge in [0, 0.05) is 0 Å². The number of hydrogen-bond donors (Lipinski definition) is 1. The summed E-state index contributed by atoms with van der Waals surface area (Å²) in [5.74, 6) is -0.517. The Morgan fingerprint density at radius 1 is 1.82 bits per heavy atom. The van der Waals surface area contributed by atoms with Crippen molar-refractivity contribution < 1.29 is 14.6 Å². The summed E-state index contributed by atoms with van der Waals surface area (Å²) in [4.78, 5) is 10.8. The summed E-state index contributed by atoms with van der Waals surface area (Å²) in [6, 6.07) is 0. The van der Waals surface area contributed by atoms with Crippen LogP contribution >= 0.6 is 0 Å². The number of hydrogen-bond acceptors (Lipinski definition) is 2. The number of aliphatic carboxylic acids is 1. The molecule has 3 nitrogen and oxygen atoms in total. The highest BCUT2D eigenvalue weighted by atomic mass is 16.5. The Kier molecular flexibility index (Phi) is 1.16. The van der Waals surface area contributed by atoms with Crippen LogP contribution in [0.25, 0.3) is 0 Å². The summed E-state index contributed by atoms with van der Waals surface area (Å²) in [6.07, 6.45) is 4.16. The van der Waals surface area contributed by atoms with Gasteiger partial charge in [-0.15, -0.1) is 0 Å². The quantitative estimate of drug-likeness (QED) is 0.568. The maximum Gasteiger partial charge on any atom is 0.340 e. The molecule has 3 atom stereocenters. The van der Waals surface area contributed by atoms with E-state index in [1.807, 2.05) is 13.0 Å². The number of carboxylic acid groups (broad SMARTS) is 1. The maximum atomic E-state index is 10.8. The first-order valence-electron chi connectivity index (χ1n) is 3.75. The van der Waals surface area contributed by atoms with E-state index in [2.05, 4.69) is 0 Å². The normalized spacial score (nSPS) is 46.6. The molecule has 2 bridgehead atoms. The molecule has 3 heteroatoms. The monoisotopic (exact) mass is 154 g/mol. The molecule has 60 valence electrons. The standard InChI is InChI=1S/C8H10O3/c1-5-4-8(7(9)10)3-2-6(5)11-8/h2-3,5-6H,4H2,1H3,(H,9,10). The number of fused-ring (bicyclic) bond motifs is 2. The van der Waals surface area contributed by atoms with Gasteiger partial charge in [0.25, 0.3) is 0 Å². The van der Waals surface area contributed by atoms with Crippen molar-refractivity contribution in [1.29, 1.82) is 0 Å². The minimum Gasteiger partial charge on any atom is -0.479 e. The number of carboxylic acids is 1. The lowest BCUT2D eigenvalue weighted by Gasteiger charge is -2.16. The second-order valence-corrected chi connectivity index (χ2v) is 3.32. The Labute approximate surface area is 64.7 Å². The first-order valence-corrected chi connectivity index (χ1v) is 3.75. The molecule has 0 radical (unpaired) electrons. The van der Waals surface area contributed by atoms with Gasteiger partial charge in [0.1, 0.15) is 0 Å². The van der Waals surface area contributed by atoms with Gasteiger partial charge in [0.15, 0.2) is 5.60 Å². The van der Waals surface area contributed by atoms with Crippen LogP contribution in [0.4, 0.5) is 0 Å². The molecule has 0 aromatic carbocycles. The lowest BCUT2D eigenvalue weighted by Crippen LogP contribution is -2.34. The molecule has 2 heterocycles. The Balaban J connectivity index is 2.32. The zero-order valence-corrected chi connectivity index (χ0v) is 6.28. The van der Waals surface area contributed by atoms with Crippen LogP contribution in [0.2, 0.25) is 0 Å². The fourth-order valence-electron chi connectivity index (χ4n) is 1.80. The molecule has 0 saturated carbocycles. The van der Waals surface area contributed by atoms with Crippen LogP contribution in [0.5, 0.6) is 0 Å². The molecule has 3 unspecified atom stereocenters. The van der Waals surface area contributed by atoms with Gasteiger partial charge in [-0.3, -0.25) is 0 Å². The number of rotatable bonds is 1. The number of carbonyl (C=O) groups is 1. The van der Waals surface area contributed by atoms with Crippen LogP contribution < -0.4 is 0 Å². The van der Waals surface area contributed by atoms with Gasteiger partial charge in [0.05, 0.1) is 6.10 Å². The fraction of sp³-hybridized carbons (Fsp3) is 0.625. The molecule has 0 spiro atoms. The highest BCUT2D eigenvalue weighted by molar-refractivity contribution is 5.81. The summed E-state index contributed by atoms with van der Waals surface area (Å²) in [7, 11) is 0. The van der Waals surface area contributed by atoms with Crippen molar-refractivity contribution in [2.75, 3.05) is 0 Å². The zero-order valence-electron chi connectivity index (χ0n) is 6.28. The van der Waals surface area contributed by atoms with Gasteiger partial charge in [-0.1, -0.05) is 13.0 Å². The van der Waals surface area contributed by atoms with Crippen LogP contribution in [0, 0.1) is 5.92 Å². The van der Waals surface area contributed by atoms with E-state index in [9.17, 15) is 4.79 Å². The van der Waals surface area contributed by atoms with E-state index in [1.165, 1.54) is 0 Å². The molecule has 0 aromatic heterocycles. The minimum absolute atomic E-state index is 0.0334. The predicted octanol–water partition coefficient (Wildman–Crippen LogP) is 0.805. The third-order valence-corrected chi connectivity index (χ3v) is 2.45. The summed E-state index contributed by atoms with van der Waals surface area (Å²) in [5.41, 5.74) is -0.982. The Hall–Kier alpha value is -0.830. The van der Waals surface area contributed by atoms with Crippen molar-refractivity contribution in [1.82, 2.24) is 0 Å². The van der Waals surface area contributed by atoms with E-state index in [0.717, 1.165) is 0 Å². The van der Waals surface area contributed by atoms with Crippen LogP contribution in [-0.4, -0.2) is 22.8 Å². The van der Waals surface area contributed by atoms with Crippen LogP contribution in [-0.2, 0) is 9.53 Å². The van der Waals surface area contributed by atoms with Crippen LogP contribution in [0.15, 0.2) is 12.2 Å². The average Bonchev–Trinajstić information content (AvgIpc) is 2.44. The molecular formula is C8H10O3. The SMILES string of the molecule is CC1CC2(C(=O)O)C=CC1O2. The third-order valence-electron chi connectivity index (χ3n) is 2.45. The minimum atomic E-state index is -0.982. The second kappa shape index (κ2) is 1.85. The molecule has 0 amide bonds. The van der Waals surface area contributed by atoms with Gasteiger partial charge in [-0.25, -0.2) is 4.79 Å². The first-order chi connectivity index (χ1) is 5.14. The van der Waals surface area contributed by atoms with Gasteiger partial charge < -0.3 is 9.84 Å². The Bertz CT molecular complexity index is 233. The van der Waals surface area contributed by atoms with E-state index in [-0.39, 0.29) is 6.10 Å². The smallest absolute Gasteiger partial charge is 0.340 e. The molecule has 0 aliphatic carbocycles. The lowest BCUT2D eigenvalue weighted by molar-refractivity contribution is -0.154.